The summed E-state index contributed by atoms with van der Waals surface area (Å²) in [6.07, 6.45) is 0. The first-order valence-corrected chi connectivity index (χ1v) is 5.81. The van der Waals surface area contributed by atoms with Crippen molar-refractivity contribution in [3.8, 4) is 0 Å². The number of benzene rings is 1. The molecule has 0 heterocycles. The van der Waals surface area contributed by atoms with Gasteiger partial charge in [0.15, 0.2) is 0 Å². The van der Waals surface area contributed by atoms with E-state index < -0.39 is 0 Å². The van der Waals surface area contributed by atoms with Crippen LogP contribution in [-0.4, -0.2) is 0 Å². The van der Waals surface area contributed by atoms with Crippen LogP contribution in [0.3, 0.4) is 0 Å². The fraction of sp³-hybridized carbons (Fsp3) is 0.400. The van der Waals surface area contributed by atoms with Crippen LogP contribution in [0.5, 0.6) is 0 Å². The highest BCUT2D eigenvalue weighted by atomic mass is 79.9. The first-order chi connectivity index (χ1) is 6.00. The number of hydrogen-bond acceptors (Lipinski definition) is 1. The van der Waals surface area contributed by atoms with E-state index in [4.69, 9.17) is 5.73 Å². The Kier molecular flexibility index (Phi) is 3.95. The van der Waals surface area contributed by atoms with Crippen LogP contribution in [0.25, 0.3) is 0 Å². The van der Waals surface area contributed by atoms with Crippen LogP contribution >= 0.6 is 31.9 Å². The average molecular weight is 307 g/mol. The highest BCUT2D eigenvalue weighted by Gasteiger charge is 2.11. The minimum atomic E-state index is 0.105. The van der Waals surface area contributed by atoms with Gasteiger partial charge in [-0.05, 0) is 29.7 Å². The van der Waals surface area contributed by atoms with E-state index in [1.165, 1.54) is 0 Å². The third-order valence-corrected chi connectivity index (χ3v) is 2.90. The molecule has 1 nitrogen and oxygen atoms in total. The molecule has 1 atom stereocenters. The van der Waals surface area contributed by atoms with Gasteiger partial charge in [0.1, 0.15) is 0 Å². The zero-order valence-electron chi connectivity index (χ0n) is 7.72. The summed E-state index contributed by atoms with van der Waals surface area (Å²) >= 11 is 6.89. The molecule has 0 spiro atoms. The quantitative estimate of drug-likeness (QED) is 0.882. The topological polar surface area (TPSA) is 26.0 Å². The molecule has 3 heteroatoms. The minimum absolute atomic E-state index is 0.105. The number of rotatable bonds is 2. The summed E-state index contributed by atoms with van der Waals surface area (Å²) in [5.41, 5.74) is 7.20. The molecule has 1 rings (SSSR count). The monoisotopic (exact) mass is 305 g/mol. The van der Waals surface area contributed by atoms with Crippen molar-refractivity contribution in [2.24, 2.45) is 11.7 Å². The minimum Gasteiger partial charge on any atom is -0.324 e. The van der Waals surface area contributed by atoms with E-state index in [1.54, 1.807) is 0 Å². The fourth-order valence-electron chi connectivity index (χ4n) is 1.15. The second-order valence-electron chi connectivity index (χ2n) is 3.47. The van der Waals surface area contributed by atoms with E-state index in [0.717, 1.165) is 14.5 Å². The molecule has 0 aliphatic carbocycles. The van der Waals surface area contributed by atoms with E-state index in [1.807, 2.05) is 6.07 Å². The summed E-state index contributed by atoms with van der Waals surface area (Å²) in [4.78, 5) is 0. The van der Waals surface area contributed by atoms with Gasteiger partial charge in [-0.3, -0.25) is 0 Å². The Morgan fingerprint density at radius 3 is 1.92 bits per heavy atom. The summed E-state index contributed by atoms with van der Waals surface area (Å²) in [5.74, 6) is 0.459. The van der Waals surface area contributed by atoms with E-state index in [0.29, 0.717) is 5.92 Å². The second-order valence-corrected chi connectivity index (χ2v) is 5.30. The van der Waals surface area contributed by atoms with Crippen molar-refractivity contribution in [3.63, 3.8) is 0 Å². The smallest absolute Gasteiger partial charge is 0.0319 e. The molecule has 0 aliphatic rings. The van der Waals surface area contributed by atoms with Crippen molar-refractivity contribution in [2.45, 2.75) is 19.9 Å². The van der Waals surface area contributed by atoms with Crippen LogP contribution in [0.2, 0.25) is 0 Å². The summed E-state index contributed by atoms with van der Waals surface area (Å²) < 4.78 is 2.13. The molecule has 2 N–H and O–H groups in total. The zero-order valence-corrected chi connectivity index (χ0v) is 10.9. The Bertz CT molecular complexity index is 277. The molecule has 0 amide bonds. The summed E-state index contributed by atoms with van der Waals surface area (Å²) in [7, 11) is 0. The highest BCUT2D eigenvalue weighted by molar-refractivity contribution is 9.11. The molecule has 1 aromatic rings. The molecule has 0 aromatic heterocycles. The van der Waals surface area contributed by atoms with Gasteiger partial charge in [-0.2, -0.15) is 0 Å². The Hall–Kier alpha value is 0.140. The van der Waals surface area contributed by atoms with Crippen molar-refractivity contribution < 1.29 is 0 Å². The van der Waals surface area contributed by atoms with Crippen LogP contribution in [0.4, 0.5) is 0 Å². The maximum Gasteiger partial charge on any atom is 0.0319 e. The molecule has 0 bridgehead atoms. The number of halogens is 2. The Labute approximate surface area is 96.0 Å². The normalized spacial score (nSPS) is 13.4. The van der Waals surface area contributed by atoms with Gasteiger partial charge < -0.3 is 5.73 Å². The lowest BCUT2D eigenvalue weighted by molar-refractivity contribution is 0.514. The second kappa shape index (κ2) is 4.58. The molecule has 0 saturated carbocycles. The van der Waals surface area contributed by atoms with Crippen molar-refractivity contribution >= 4 is 31.9 Å². The molecule has 13 heavy (non-hydrogen) atoms. The van der Waals surface area contributed by atoms with Crippen LogP contribution in [0.15, 0.2) is 27.1 Å². The number of hydrogen-bond donors (Lipinski definition) is 1. The van der Waals surface area contributed by atoms with E-state index in [-0.39, 0.29) is 6.04 Å². The van der Waals surface area contributed by atoms with Gasteiger partial charge in [-0.25, -0.2) is 0 Å². The molecule has 0 unspecified atom stereocenters. The lowest BCUT2D eigenvalue weighted by atomic mass is 9.97. The molecule has 0 saturated heterocycles. The Balaban J connectivity index is 3.01. The average Bonchev–Trinajstić information content (AvgIpc) is 2.01. The molecule has 0 aliphatic heterocycles. The summed E-state index contributed by atoms with van der Waals surface area (Å²) in [5, 5.41) is 0. The van der Waals surface area contributed by atoms with Crippen LogP contribution < -0.4 is 5.73 Å². The predicted molar refractivity (Wildman–Crippen MR) is 63.6 cm³/mol. The molecule has 1 aromatic carbocycles. The lowest BCUT2D eigenvalue weighted by Crippen LogP contribution is -2.16. The van der Waals surface area contributed by atoms with Gasteiger partial charge in [0.25, 0.3) is 0 Å². The highest BCUT2D eigenvalue weighted by Crippen LogP contribution is 2.26. The van der Waals surface area contributed by atoms with Gasteiger partial charge in [0, 0.05) is 15.0 Å². The van der Waals surface area contributed by atoms with E-state index in [9.17, 15) is 0 Å². The standard InChI is InChI=1S/C10H13Br2N/c1-6(2)10(13)7-3-8(11)5-9(12)4-7/h3-6,10H,13H2,1-2H3/t10-/m1/s1. The van der Waals surface area contributed by atoms with E-state index >= 15 is 0 Å². The zero-order chi connectivity index (χ0) is 10.0. The molecular weight excluding hydrogens is 294 g/mol. The van der Waals surface area contributed by atoms with Gasteiger partial charge >= 0.3 is 0 Å². The predicted octanol–water partition coefficient (Wildman–Crippen LogP) is 3.87. The third-order valence-electron chi connectivity index (χ3n) is 1.99. The maximum atomic E-state index is 6.03. The first kappa shape index (κ1) is 11.2. The van der Waals surface area contributed by atoms with Gasteiger partial charge in [0.05, 0.1) is 0 Å². The summed E-state index contributed by atoms with van der Waals surface area (Å²) in [6, 6.07) is 6.25. The Morgan fingerprint density at radius 1 is 1.08 bits per heavy atom. The van der Waals surface area contributed by atoms with Gasteiger partial charge in [-0.1, -0.05) is 45.7 Å². The van der Waals surface area contributed by atoms with E-state index in [2.05, 4.69) is 57.8 Å². The van der Waals surface area contributed by atoms with Crippen LogP contribution in [0.1, 0.15) is 25.5 Å². The number of nitrogens with two attached hydrogens (primary N) is 1. The Morgan fingerprint density at radius 2 is 1.54 bits per heavy atom. The largest absolute Gasteiger partial charge is 0.324 e. The van der Waals surface area contributed by atoms with Crippen molar-refractivity contribution in [1.29, 1.82) is 0 Å². The molecule has 0 fully saturated rings. The maximum absolute atomic E-state index is 6.03. The van der Waals surface area contributed by atoms with Crippen LogP contribution in [-0.2, 0) is 0 Å². The molecule has 0 radical (unpaired) electrons. The van der Waals surface area contributed by atoms with Crippen LogP contribution in [0, 0.1) is 5.92 Å². The summed E-state index contributed by atoms with van der Waals surface area (Å²) in [6.45, 7) is 4.25. The molecule has 72 valence electrons. The van der Waals surface area contributed by atoms with Gasteiger partial charge in [0.2, 0.25) is 0 Å². The van der Waals surface area contributed by atoms with Crippen molar-refractivity contribution in [3.05, 3.63) is 32.7 Å². The fourth-order valence-corrected chi connectivity index (χ4v) is 2.48. The lowest BCUT2D eigenvalue weighted by Gasteiger charge is -2.16. The van der Waals surface area contributed by atoms with Gasteiger partial charge in [-0.15, -0.1) is 0 Å². The third kappa shape index (κ3) is 3.08. The first-order valence-electron chi connectivity index (χ1n) is 4.22. The van der Waals surface area contributed by atoms with Crippen molar-refractivity contribution in [2.75, 3.05) is 0 Å². The van der Waals surface area contributed by atoms with Crippen molar-refractivity contribution in [1.82, 2.24) is 0 Å². The SMILES string of the molecule is CC(C)[C@@H](N)c1cc(Br)cc(Br)c1. The molecular formula is C10H13Br2N.